The Morgan fingerprint density at radius 1 is 1.32 bits per heavy atom. The summed E-state index contributed by atoms with van der Waals surface area (Å²) in [6, 6.07) is 3.65. The van der Waals surface area contributed by atoms with Crippen molar-refractivity contribution in [3.05, 3.63) is 30.1 Å². The van der Waals surface area contributed by atoms with E-state index in [1.165, 1.54) is 0 Å². The minimum Gasteiger partial charge on any atom is -0.396 e. The summed E-state index contributed by atoms with van der Waals surface area (Å²) < 4.78 is 26.4. The summed E-state index contributed by atoms with van der Waals surface area (Å²) in [4.78, 5) is 3.90. The van der Waals surface area contributed by atoms with Crippen molar-refractivity contribution in [3.63, 3.8) is 0 Å². The highest BCUT2D eigenvalue weighted by Gasteiger charge is 2.42. The minimum absolute atomic E-state index is 0.0124. The van der Waals surface area contributed by atoms with Gasteiger partial charge in [0.1, 0.15) is 0 Å². The molecular formula is C13H20N2O3S. The van der Waals surface area contributed by atoms with Crippen molar-refractivity contribution >= 4 is 10.0 Å². The second-order valence-electron chi connectivity index (χ2n) is 5.22. The van der Waals surface area contributed by atoms with Crippen LogP contribution in [-0.4, -0.2) is 37.4 Å². The first-order chi connectivity index (χ1) is 9.05. The smallest absolute Gasteiger partial charge is 0.211 e. The molecule has 2 N–H and O–H groups in total. The van der Waals surface area contributed by atoms with Gasteiger partial charge in [0.2, 0.25) is 10.0 Å². The molecule has 0 spiro atoms. The highest BCUT2D eigenvalue weighted by atomic mass is 32.2. The molecule has 0 aromatic carbocycles. The maximum absolute atomic E-state index is 11.9. The van der Waals surface area contributed by atoms with E-state index in [0.717, 1.165) is 18.4 Å². The third kappa shape index (κ3) is 4.56. The fourth-order valence-electron chi connectivity index (χ4n) is 2.07. The van der Waals surface area contributed by atoms with Gasteiger partial charge in [-0.1, -0.05) is 0 Å². The Hall–Kier alpha value is -0.980. The number of hydrogen-bond acceptors (Lipinski definition) is 4. The zero-order valence-corrected chi connectivity index (χ0v) is 11.7. The van der Waals surface area contributed by atoms with Gasteiger partial charge >= 0.3 is 0 Å². The molecule has 2 rings (SSSR count). The molecule has 1 heterocycles. The van der Waals surface area contributed by atoms with Crippen LogP contribution in [0.5, 0.6) is 0 Å². The number of nitrogens with zero attached hydrogens (tertiary/aromatic N) is 1. The van der Waals surface area contributed by atoms with Crippen LogP contribution in [0, 0.1) is 5.41 Å². The van der Waals surface area contributed by atoms with Gasteiger partial charge in [-0.25, -0.2) is 13.1 Å². The van der Waals surface area contributed by atoms with Crippen molar-refractivity contribution in [1.29, 1.82) is 0 Å². The van der Waals surface area contributed by atoms with Gasteiger partial charge in [-0.15, -0.1) is 0 Å². The number of pyridine rings is 1. The van der Waals surface area contributed by atoms with Crippen LogP contribution in [0.4, 0.5) is 0 Å². The van der Waals surface area contributed by atoms with E-state index in [4.69, 9.17) is 5.11 Å². The molecule has 0 aliphatic heterocycles. The molecule has 1 aliphatic rings. The highest BCUT2D eigenvalue weighted by Crippen LogP contribution is 2.47. The second kappa shape index (κ2) is 5.98. The number of sulfonamides is 1. The van der Waals surface area contributed by atoms with Gasteiger partial charge in [-0.3, -0.25) is 4.98 Å². The van der Waals surface area contributed by atoms with E-state index in [1.54, 1.807) is 12.4 Å². The van der Waals surface area contributed by atoms with E-state index in [9.17, 15) is 8.42 Å². The van der Waals surface area contributed by atoms with Gasteiger partial charge in [0.15, 0.2) is 0 Å². The number of aliphatic hydroxyl groups excluding tert-OH is 1. The predicted molar refractivity (Wildman–Crippen MR) is 73.1 cm³/mol. The Labute approximate surface area is 114 Å². The van der Waals surface area contributed by atoms with Crippen LogP contribution in [0.1, 0.15) is 24.8 Å². The van der Waals surface area contributed by atoms with Crippen LogP contribution in [0.2, 0.25) is 0 Å². The minimum atomic E-state index is -3.24. The molecule has 19 heavy (non-hydrogen) atoms. The lowest BCUT2D eigenvalue weighted by Gasteiger charge is -2.14. The van der Waals surface area contributed by atoms with Crippen molar-refractivity contribution in [3.8, 4) is 0 Å². The van der Waals surface area contributed by atoms with Crippen molar-refractivity contribution in [1.82, 2.24) is 9.71 Å². The molecule has 1 saturated carbocycles. The summed E-state index contributed by atoms with van der Waals surface area (Å²) in [6.45, 7) is 0.574. The molecule has 1 fully saturated rings. The molecule has 0 saturated heterocycles. The first kappa shape index (κ1) is 14.4. The van der Waals surface area contributed by atoms with E-state index in [-0.39, 0.29) is 17.8 Å². The molecule has 0 unspecified atom stereocenters. The van der Waals surface area contributed by atoms with E-state index < -0.39 is 10.0 Å². The van der Waals surface area contributed by atoms with Crippen LogP contribution in [0.3, 0.4) is 0 Å². The van der Waals surface area contributed by atoms with E-state index >= 15 is 0 Å². The summed E-state index contributed by atoms with van der Waals surface area (Å²) in [6.07, 6.45) is 6.50. The number of hydrogen-bond donors (Lipinski definition) is 2. The normalized spacial score (nSPS) is 17.3. The number of aromatic nitrogens is 1. The Balaban J connectivity index is 1.79. The summed E-state index contributed by atoms with van der Waals surface area (Å²) in [5.74, 6) is 0.0895. The molecule has 106 valence electrons. The molecule has 0 radical (unpaired) electrons. The summed E-state index contributed by atoms with van der Waals surface area (Å²) >= 11 is 0. The van der Waals surface area contributed by atoms with Gasteiger partial charge in [0, 0.05) is 25.5 Å². The van der Waals surface area contributed by atoms with E-state index in [2.05, 4.69) is 9.71 Å². The zero-order valence-electron chi connectivity index (χ0n) is 10.9. The molecule has 0 bridgehead atoms. The van der Waals surface area contributed by atoms with E-state index in [0.29, 0.717) is 19.4 Å². The molecular weight excluding hydrogens is 264 g/mol. The van der Waals surface area contributed by atoms with Gasteiger partial charge in [-0.05, 0) is 48.8 Å². The first-order valence-corrected chi connectivity index (χ1v) is 8.18. The third-order valence-corrected chi connectivity index (χ3v) is 5.00. The molecule has 5 nitrogen and oxygen atoms in total. The lowest BCUT2D eigenvalue weighted by molar-refractivity contribution is 0.249. The van der Waals surface area contributed by atoms with Crippen molar-refractivity contribution in [2.24, 2.45) is 5.41 Å². The monoisotopic (exact) mass is 284 g/mol. The summed E-state index contributed by atoms with van der Waals surface area (Å²) in [7, 11) is -3.24. The molecule has 0 atom stereocenters. The van der Waals surface area contributed by atoms with Crippen molar-refractivity contribution in [2.75, 3.05) is 18.9 Å². The number of aliphatic hydroxyl groups is 1. The van der Waals surface area contributed by atoms with Crippen LogP contribution in [0.25, 0.3) is 0 Å². The van der Waals surface area contributed by atoms with Crippen LogP contribution >= 0.6 is 0 Å². The largest absolute Gasteiger partial charge is 0.396 e. The maximum atomic E-state index is 11.9. The zero-order chi connectivity index (χ0) is 13.8. The predicted octanol–water partition coefficient (Wildman–Crippen LogP) is 0.706. The standard InChI is InChI=1S/C13H20N2O3S/c16-9-6-13(4-5-13)11-15-19(17,18)10-3-12-1-7-14-8-2-12/h1-2,7-8,15-16H,3-6,9-11H2. The van der Waals surface area contributed by atoms with Gasteiger partial charge < -0.3 is 5.11 Å². The lowest BCUT2D eigenvalue weighted by atomic mass is 10.0. The van der Waals surface area contributed by atoms with Crippen molar-refractivity contribution in [2.45, 2.75) is 25.7 Å². The Bertz CT molecular complexity index is 498. The molecule has 6 heteroatoms. The van der Waals surface area contributed by atoms with Gasteiger partial charge in [-0.2, -0.15) is 0 Å². The maximum Gasteiger partial charge on any atom is 0.211 e. The third-order valence-electron chi connectivity index (χ3n) is 3.68. The number of nitrogens with one attached hydrogen (secondary N) is 1. The average Bonchev–Trinajstić information content (AvgIpc) is 3.17. The van der Waals surface area contributed by atoms with Crippen molar-refractivity contribution < 1.29 is 13.5 Å². The topological polar surface area (TPSA) is 79.3 Å². The summed E-state index contributed by atoms with van der Waals surface area (Å²) in [5.41, 5.74) is 0.982. The lowest BCUT2D eigenvalue weighted by Crippen LogP contribution is -2.33. The van der Waals surface area contributed by atoms with Gasteiger partial charge in [0.05, 0.1) is 5.75 Å². The molecule has 1 aromatic rings. The SMILES string of the molecule is O=S(=O)(CCc1ccncc1)NCC1(CCO)CC1. The average molecular weight is 284 g/mol. The van der Waals surface area contributed by atoms with Gasteiger partial charge in [0.25, 0.3) is 0 Å². The fraction of sp³-hybridized carbons (Fsp3) is 0.615. The first-order valence-electron chi connectivity index (χ1n) is 6.52. The van der Waals surface area contributed by atoms with Crippen LogP contribution in [0.15, 0.2) is 24.5 Å². The Morgan fingerprint density at radius 3 is 2.58 bits per heavy atom. The quantitative estimate of drug-likeness (QED) is 0.737. The number of aryl methyl sites for hydroxylation is 1. The molecule has 1 aromatic heterocycles. The van der Waals surface area contributed by atoms with Crippen LogP contribution in [-0.2, 0) is 16.4 Å². The second-order valence-corrected chi connectivity index (χ2v) is 7.15. The Morgan fingerprint density at radius 2 is 2.00 bits per heavy atom. The Kier molecular flexibility index (Phi) is 4.54. The van der Waals surface area contributed by atoms with E-state index in [1.807, 2.05) is 12.1 Å². The highest BCUT2D eigenvalue weighted by molar-refractivity contribution is 7.89. The molecule has 0 amide bonds. The van der Waals surface area contributed by atoms with Crippen LogP contribution < -0.4 is 4.72 Å². The fourth-order valence-corrected chi connectivity index (χ4v) is 3.24. The number of rotatable bonds is 8. The molecule has 1 aliphatic carbocycles. The summed E-state index contributed by atoms with van der Waals surface area (Å²) in [5, 5.41) is 8.94.